The molecule has 0 aliphatic carbocycles. The molecule has 1 aliphatic heterocycles. The lowest BCUT2D eigenvalue weighted by Gasteiger charge is -2.19. The highest BCUT2D eigenvalue weighted by Gasteiger charge is 2.35. The average molecular weight is 202 g/mol. The maximum atomic E-state index is 12.6. The standard InChI is InChI=1S/C6H4ClF4N/c7-5(8)2-1-4(3-12-5)6(9,10)11/h1-3,12H. The van der Waals surface area contributed by atoms with Crippen LogP contribution in [0, 0.1) is 0 Å². The van der Waals surface area contributed by atoms with Crippen molar-refractivity contribution in [2.75, 3.05) is 0 Å². The molecule has 0 amide bonds. The molecule has 0 aromatic heterocycles. The number of dihydropyridines is 1. The van der Waals surface area contributed by atoms with Crippen molar-refractivity contribution >= 4 is 11.6 Å². The zero-order valence-electron chi connectivity index (χ0n) is 5.62. The average Bonchev–Trinajstić information content (AvgIpc) is 1.83. The Kier molecular flexibility index (Phi) is 2.07. The molecule has 68 valence electrons. The summed E-state index contributed by atoms with van der Waals surface area (Å²) in [6, 6.07) is 0. The molecule has 0 aromatic rings. The number of nitrogens with one attached hydrogen (secondary N) is 1. The highest BCUT2D eigenvalue weighted by atomic mass is 35.5. The fraction of sp³-hybridized carbons (Fsp3) is 0.333. The van der Waals surface area contributed by atoms with Gasteiger partial charge in [-0.25, -0.2) is 0 Å². The van der Waals surface area contributed by atoms with Gasteiger partial charge in [-0.3, -0.25) is 0 Å². The summed E-state index contributed by atoms with van der Waals surface area (Å²) < 4.78 is 48.2. The van der Waals surface area contributed by atoms with Crippen molar-refractivity contribution in [1.29, 1.82) is 0 Å². The van der Waals surface area contributed by atoms with Crippen LogP contribution in [0.15, 0.2) is 23.9 Å². The highest BCUT2D eigenvalue weighted by molar-refractivity contribution is 6.23. The largest absolute Gasteiger partial charge is 0.417 e. The Bertz CT molecular complexity index is 240. The lowest BCUT2D eigenvalue weighted by Crippen LogP contribution is -2.32. The predicted molar refractivity (Wildman–Crippen MR) is 36.1 cm³/mol. The van der Waals surface area contributed by atoms with E-state index in [2.05, 4.69) is 0 Å². The van der Waals surface area contributed by atoms with Crippen LogP contribution in [0.2, 0.25) is 0 Å². The van der Waals surface area contributed by atoms with Gasteiger partial charge in [0, 0.05) is 6.20 Å². The van der Waals surface area contributed by atoms with Crippen LogP contribution in [0.4, 0.5) is 17.6 Å². The third-order valence-corrected chi connectivity index (χ3v) is 1.45. The van der Waals surface area contributed by atoms with Crippen LogP contribution < -0.4 is 5.32 Å². The van der Waals surface area contributed by atoms with E-state index in [9.17, 15) is 17.6 Å². The van der Waals surface area contributed by atoms with Crippen molar-refractivity contribution in [3.05, 3.63) is 23.9 Å². The summed E-state index contributed by atoms with van der Waals surface area (Å²) in [5.74, 6) is 0. The third kappa shape index (κ3) is 2.14. The van der Waals surface area contributed by atoms with Crippen molar-refractivity contribution in [2.24, 2.45) is 0 Å². The smallest absolute Gasteiger partial charge is 0.343 e. The van der Waals surface area contributed by atoms with Crippen LogP contribution in [-0.4, -0.2) is 11.4 Å². The first-order valence-electron chi connectivity index (χ1n) is 2.93. The van der Waals surface area contributed by atoms with E-state index >= 15 is 0 Å². The maximum Gasteiger partial charge on any atom is 0.417 e. The molecule has 0 fully saturated rings. The third-order valence-electron chi connectivity index (χ3n) is 1.22. The number of halogens is 5. The molecule has 1 heterocycles. The van der Waals surface area contributed by atoms with Crippen molar-refractivity contribution < 1.29 is 17.6 Å². The molecule has 12 heavy (non-hydrogen) atoms. The predicted octanol–water partition coefficient (Wildman–Crippen LogP) is 2.45. The molecule has 1 rings (SSSR count). The van der Waals surface area contributed by atoms with E-state index in [0.717, 1.165) is 0 Å². The van der Waals surface area contributed by atoms with Crippen LogP contribution in [0.25, 0.3) is 0 Å². The summed E-state index contributed by atoms with van der Waals surface area (Å²) in [6.45, 7) is 0. The first kappa shape index (κ1) is 9.38. The molecular weight excluding hydrogens is 198 g/mol. The van der Waals surface area contributed by atoms with Crippen molar-refractivity contribution in [1.82, 2.24) is 5.32 Å². The number of rotatable bonds is 0. The zero-order valence-corrected chi connectivity index (χ0v) is 6.38. The molecule has 0 bridgehead atoms. The molecule has 0 saturated carbocycles. The quantitative estimate of drug-likeness (QED) is 0.361. The van der Waals surface area contributed by atoms with Gasteiger partial charge in [-0.2, -0.15) is 17.6 Å². The summed E-state index contributed by atoms with van der Waals surface area (Å²) in [7, 11) is 0. The normalized spacial score (nSPS) is 29.6. The molecular formula is C6H4ClF4N. The van der Waals surface area contributed by atoms with Gasteiger partial charge in [0.15, 0.2) is 0 Å². The van der Waals surface area contributed by atoms with E-state index in [0.29, 0.717) is 18.4 Å². The van der Waals surface area contributed by atoms with Gasteiger partial charge in [0.25, 0.3) is 5.25 Å². The molecule has 1 unspecified atom stereocenters. The van der Waals surface area contributed by atoms with Crippen LogP contribution in [0.1, 0.15) is 0 Å². The van der Waals surface area contributed by atoms with Crippen LogP contribution in [0.5, 0.6) is 0 Å². The van der Waals surface area contributed by atoms with E-state index in [4.69, 9.17) is 11.6 Å². The van der Waals surface area contributed by atoms with Crippen LogP contribution in [0.3, 0.4) is 0 Å². The second kappa shape index (κ2) is 2.65. The lowest BCUT2D eigenvalue weighted by molar-refractivity contribution is -0.0890. The molecule has 1 nitrogen and oxygen atoms in total. The number of hydrogen-bond acceptors (Lipinski definition) is 1. The van der Waals surface area contributed by atoms with Crippen molar-refractivity contribution in [3.63, 3.8) is 0 Å². The molecule has 1 aliphatic rings. The van der Waals surface area contributed by atoms with E-state index in [1.807, 2.05) is 0 Å². The molecule has 0 spiro atoms. The Balaban J connectivity index is 2.78. The van der Waals surface area contributed by atoms with Crippen LogP contribution in [-0.2, 0) is 0 Å². The summed E-state index contributed by atoms with van der Waals surface area (Å²) in [5, 5.41) is -0.663. The molecule has 0 saturated heterocycles. The Morgan fingerprint density at radius 2 is 2.00 bits per heavy atom. The van der Waals surface area contributed by atoms with Gasteiger partial charge >= 0.3 is 6.18 Å². The van der Waals surface area contributed by atoms with Crippen molar-refractivity contribution in [3.8, 4) is 0 Å². The Labute approximate surface area is 70.7 Å². The van der Waals surface area contributed by atoms with Gasteiger partial charge in [0.2, 0.25) is 0 Å². The monoisotopic (exact) mass is 201 g/mol. The summed E-state index contributed by atoms with van der Waals surface area (Å²) >= 11 is 5.01. The van der Waals surface area contributed by atoms with E-state index in [1.54, 1.807) is 5.32 Å². The minimum atomic E-state index is -4.48. The topological polar surface area (TPSA) is 12.0 Å². The van der Waals surface area contributed by atoms with Gasteiger partial charge in [0.05, 0.1) is 5.57 Å². The summed E-state index contributed by atoms with van der Waals surface area (Å²) in [4.78, 5) is 0. The van der Waals surface area contributed by atoms with Gasteiger partial charge in [-0.15, -0.1) is 0 Å². The first-order valence-corrected chi connectivity index (χ1v) is 3.31. The number of allylic oxidation sites excluding steroid dienone is 2. The van der Waals surface area contributed by atoms with Gasteiger partial charge < -0.3 is 5.32 Å². The minimum absolute atomic E-state index is 0.493. The van der Waals surface area contributed by atoms with Gasteiger partial charge in [0.1, 0.15) is 0 Å². The van der Waals surface area contributed by atoms with E-state index in [-0.39, 0.29) is 0 Å². The molecule has 0 aromatic carbocycles. The fourth-order valence-corrected chi connectivity index (χ4v) is 0.759. The van der Waals surface area contributed by atoms with Crippen LogP contribution >= 0.6 is 11.6 Å². The lowest BCUT2D eigenvalue weighted by atomic mass is 10.2. The fourth-order valence-electron chi connectivity index (χ4n) is 0.641. The Morgan fingerprint density at radius 1 is 1.42 bits per heavy atom. The van der Waals surface area contributed by atoms with Crippen molar-refractivity contribution in [2.45, 2.75) is 11.4 Å². The van der Waals surface area contributed by atoms with Gasteiger partial charge in [-0.1, -0.05) is 11.6 Å². The Hall–Kier alpha value is -0.710. The number of hydrogen-bond donors (Lipinski definition) is 1. The summed E-state index contributed by atoms with van der Waals surface area (Å²) in [6.07, 6.45) is -2.80. The molecule has 1 N–H and O–H groups in total. The zero-order chi connectivity index (χ0) is 9.41. The van der Waals surface area contributed by atoms with E-state index < -0.39 is 17.0 Å². The second-order valence-electron chi connectivity index (χ2n) is 2.20. The first-order chi connectivity index (χ1) is 5.31. The molecule has 1 atom stereocenters. The maximum absolute atomic E-state index is 12.6. The second-order valence-corrected chi connectivity index (χ2v) is 2.75. The molecule has 6 heteroatoms. The number of alkyl halides is 5. The van der Waals surface area contributed by atoms with Gasteiger partial charge in [-0.05, 0) is 12.2 Å². The van der Waals surface area contributed by atoms with E-state index in [1.165, 1.54) is 0 Å². The minimum Gasteiger partial charge on any atom is -0.343 e. The highest BCUT2D eigenvalue weighted by Crippen LogP contribution is 2.30. The summed E-state index contributed by atoms with van der Waals surface area (Å²) in [5.41, 5.74) is -0.962. The molecule has 0 radical (unpaired) electrons. The SMILES string of the molecule is FC1(Cl)C=CC(C(F)(F)F)=CN1. The Morgan fingerprint density at radius 3 is 2.33 bits per heavy atom.